The van der Waals surface area contributed by atoms with Crippen molar-refractivity contribution in [2.75, 3.05) is 19.5 Å². The number of hydrogen-bond acceptors (Lipinski definition) is 6. The molecule has 0 aliphatic rings. The van der Waals surface area contributed by atoms with Gasteiger partial charge in [-0.05, 0) is 29.8 Å². The van der Waals surface area contributed by atoms with Crippen LogP contribution in [0.5, 0.6) is 11.5 Å². The minimum atomic E-state index is -0.261. The molecule has 0 saturated heterocycles. The van der Waals surface area contributed by atoms with E-state index in [1.807, 2.05) is 30.3 Å². The lowest BCUT2D eigenvalue weighted by atomic mass is 10.0. The van der Waals surface area contributed by atoms with Crippen molar-refractivity contribution in [3.63, 3.8) is 0 Å². The summed E-state index contributed by atoms with van der Waals surface area (Å²) in [6, 6.07) is 17.9. The normalized spacial score (nSPS) is 9.08. The zero-order valence-electron chi connectivity index (χ0n) is 13.7. The molecule has 0 saturated carbocycles. The molecule has 0 bridgehead atoms. The number of anilines is 1. The molecule has 6 heteroatoms. The molecule has 0 heterocycles. The van der Waals surface area contributed by atoms with Crippen LogP contribution in [0, 0.1) is 34.0 Å². The summed E-state index contributed by atoms with van der Waals surface area (Å²) >= 11 is 0. The van der Waals surface area contributed by atoms with E-state index in [0.29, 0.717) is 17.2 Å². The van der Waals surface area contributed by atoms with Crippen LogP contribution >= 0.6 is 0 Å². The molecule has 2 aromatic rings. The lowest BCUT2D eigenvalue weighted by Gasteiger charge is -2.11. The monoisotopic (exact) mass is 330 g/mol. The highest BCUT2D eigenvalue weighted by Crippen LogP contribution is 2.33. The molecule has 0 atom stereocenters. The topological polar surface area (TPSA) is 102 Å². The van der Waals surface area contributed by atoms with Gasteiger partial charge in [-0.15, -0.1) is 0 Å². The molecule has 0 amide bonds. The molecule has 0 radical (unpaired) electrons. The second-order valence-electron chi connectivity index (χ2n) is 4.85. The van der Waals surface area contributed by atoms with E-state index in [2.05, 4.69) is 5.32 Å². The summed E-state index contributed by atoms with van der Waals surface area (Å²) in [5.74, 6) is 1.37. The predicted molar refractivity (Wildman–Crippen MR) is 92.5 cm³/mol. The molecule has 6 nitrogen and oxygen atoms in total. The molecule has 122 valence electrons. The second kappa shape index (κ2) is 8.06. The number of hydrogen-bond donors (Lipinski definition) is 1. The smallest absolute Gasteiger partial charge is 0.163 e. The highest BCUT2D eigenvalue weighted by Gasteiger charge is 2.09. The van der Waals surface area contributed by atoms with Gasteiger partial charge in [0.05, 0.1) is 14.2 Å². The van der Waals surface area contributed by atoms with Crippen LogP contribution in [0.4, 0.5) is 5.69 Å². The molecule has 2 aromatic carbocycles. The van der Waals surface area contributed by atoms with Gasteiger partial charge in [0.15, 0.2) is 5.57 Å². The van der Waals surface area contributed by atoms with Gasteiger partial charge in [0.2, 0.25) is 0 Å². The van der Waals surface area contributed by atoms with Gasteiger partial charge in [-0.25, -0.2) is 0 Å². The van der Waals surface area contributed by atoms with Crippen molar-refractivity contribution in [2.24, 2.45) is 0 Å². The van der Waals surface area contributed by atoms with Crippen LogP contribution in [-0.4, -0.2) is 14.2 Å². The van der Waals surface area contributed by atoms with Crippen molar-refractivity contribution in [3.8, 4) is 40.8 Å². The van der Waals surface area contributed by atoms with E-state index in [1.165, 1.54) is 0 Å². The molecule has 0 unspecified atom stereocenters. The number of methoxy groups -OCH3 is 2. The Bertz CT molecular complexity index is 910. The van der Waals surface area contributed by atoms with Crippen LogP contribution in [0.1, 0.15) is 0 Å². The Morgan fingerprint density at radius 2 is 1.56 bits per heavy atom. The first-order valence-corrected chi connectivity index (χ1v) is 7.20. The minimum Gasteiger partial charge on any atom is -0.497 e. The van der Waals surface area contributed by atoms with Gasteiger partial charge >= 0.3 is 0 Å². The number of nitrogens with one attached hydrogen (secondary N) is 1. The van der Waals surface area contributed by atoms with Crippen molar-refractivity contribution in [2.45, 2.75) is 0 Å². The Kier molecular flexibility index (Phi) is 5.61. The van der Waals surface area contributed by atoms with Crippen LogP contribution < -0.4 is 14.8 Å². The number of nitrogens with zero attached hydrogens (tertiary/aromatic N) is 3. The molecular weight excluding hydrogens is 316 g/mol. The molecule has 0 spiro atoms. The summed E-state index contributed by atoms with van der Waals surface area (Å²) in [7, 11) is 3.18. The molecule has 1 N–H and O–H groups in total. The quantitative estimate of drug-likeness (QED) is 0.840. The predicted octanol–water partition coefficient (Wildman–Crippen LogP) is 3.61. The minimum absolute atomic E-state index is 0.0835. The van der Waals surface area contributed by atoms with Crippen molar-refractivity contribution >= 4 is 5.69 Å². The number of allylic oxidation sites excluding steroid dienone is 2. The maximum Gasteiger partial charge on any atom is 0.163 e. The van der Waals surface area contributed by atoms with Crippen LogP contribution in [0.25, 0.3) is 11.1 Å². The molecule has 0 aromatic heterocycles. The van der Waals surface area contributed by atoms with E-state index in [-0.39, 0.29) is 11.3 Å². The Morgan fingerprint density at radius 3 is 2.08 bits per heavy atom. The van der Waals surface area contributed by atoms with Crippen LogP contribution in [0.15, 0.2) is 53.7 Å². The average molecular weight is 330 g/mol. The third-order valence-corrected chi connectivity index (χ3v) is 3.46. The third-order valence-electron chi connectivity index (χ3n) is 3.46. The van der Waals surface area contributed by atoms with Crippen molar-refractivity contribution in [1.82, 2.24) is 0 Å². The lowest BCUT2D eigenvalue weighted by Crippen LogP contribution is -2.00. The van der Waals surface area contributed by atoms with Gasteiger partial charge < -0.3 is 14.8 Å². The van der Waals surface area contributed by atoms with Gasteiger partial charge in [0.1, 0.15) is 35.4 Å². The highest BCUT2D eigenvalue weighted by atomic mass is 16.5. The lowest BCUT2D eigenvalue weighted by molar-refractivity contribution is 0.395. The Balaban J connectivity index is 2.33. The van der Waals surface area contributed by atoms with Crippen molar-refractivity contribution < 1.29 is 9.47 Å². The standard InChI is InChI=1S/C19H14N4O2/c1-24-16-7-8-17(19(9-16)25-2)13-3-5-15(6-4-13)23-18(12-22)14(10-20)11-21/h3-9,23H,1-2H3. The fourth-order valence-electron chi connectivity index (χ4n) is 2.20. The summed E-state index contributed by atoms with van der Waals surface area (Å²) in [4.78, 5) is 0. The van der Waals surface area contributed by atoms with Gasteiger partial charge in [-0.3, -0.25) is 0 Å². The molecule has 0 aliphatic heterocycles. The van der Waals surface area contributed by atoms with Gasteiger partial charge in [0, 0.05) is 17.3 Å². The van der Waals surface area contributed by atoms with E-state index in [4.69, 9.17) is 25.3 Å². The van der Waals surface area contributed by atoms with E-state index >= 15 is 0 Å². The average Bonchev–Trinajstić information content (AvgIpc) is 2.68. The van der Waals surface area contributed by atoms with Crippen molar-refractivity contribution in [3.05, 3.63) is 53.7 Å². The molecule has 0 fully saturated rings. The Labute approximate surface area is 145 Å². The summed E-state index contributed by atoms with van der Waals surface area (Å²) in [6.07, 6.45) is 0. The fourth-order valence-corrected chi connectivity index (χ4v) is 2.20. The third kappa shape index (κ3) is 3.88. The zero-order valence-corrected chi connectivity index (χ0v) is 13.7. The molecule has 0 aliphatic carbocycles. The van der Waals surface area contributed by atoms with Crippen LogP contribution in [0.3, 0.4) is 0 Å². The summed E-state index contributed by atoms with van der Waals surface area (Å²) < 4.78 is 10.6. The second-order valence-corrected chi connectivity index (χ2v) is 4.85. The number of benzene rings is 2. The molecule has 2 rings (SSSR count). The number of rotatable bonds is 5. The van der Waals surface area contributed by atoms with E-state index in [1.54, 1.807) is 44.6 Å². The van der Waals surface area contributed by atoms with Crippen LogP contribution in [0.2, 0.25) is 0 Å². The number of ether oxygens (including phenoxy) is 2. The van der Waals surface area contributed by atoms with E-state index in [9.17, 15) is 0 Å². The largest absolute Gasteiger partial charge is 0.497 e. The first-order valence-electron chi connectivity index (χ1n) is 7.20. The van der Waals surface area contributed by atoms with Gasteiger partial charge in [-0.2, -0.15) is 15.8 Å². The molecule has 25 heavy (non-hydrogen) atoms. The zero-order chi connectivity index (χ0) is 18.2. The Hall–Kier alpha value is -3.95. The van der Waals surface area contributed by atoms with Gasteiger partial charge in [0.25, 0.3) is 0 Å². The summed E-state index contributed by atoms with van der Waals surface area (Å²) in [5.41, 5.74) is 2.05. The van der Waals surface area contributed by atoms with E-state index in [0.717, 1.165) is 11.1 Å². The summed E-state index contributed by atoms with van der Waals surface area (Å²) in [6.45, 7) is 0. The maximum absolute atomic E-state index is 9.07. The SMILES string of the molecule is COc1ccc(-c2ccc(NC(C#N)=C(C#N)C#N)cc2)c(OC)c1. The van der Waals surface area contributed by atoms with Crippen LogP contribution in [-0.2, 0) is 0 Å². The van der Waals surface area contributed by atoms with Gasteiger partial charge in [-0.1, -0.05) is 12.1 Å². The first-order chi connectivity index (χ1) is 12.2. The van der Waals surface area contributed by atoms with Crippen molar-refractivity contribution in [1.29, 1.82) is 15.8 Å². The van der Waals surface area contributed by atoms with E-state index < -0.39 is 0 Å². The fraction of sp³-hybridized carbons (Fsp3) is 0.105. The first kappa shape index (κ1) is 17.4. The Morgan fingerprint density at radius 1 is 0.880 bits per heavy atom. The highest BCUT2D eigenvalue weighted by molar-refractivity contribution is 5.73. The number of nitriles is 3. The summed E-state index contributed by atoms with van der Waals surface area (Å²) in [5, 5.41) is 29.6. The maximum atomic E-state index is 9.07. The molecular formula is C19H14N4O2.